The minimum absolute atomic E-state index is 0.0445. The van der Waals surface area contributed by atoms with Gasteiger partial charge in [0.25, 0.3) is 0 Å². The summed E-state index contributed by atoms with van der Waals surface area (Å²) in [6.07, 6.45) is 0.778. The molecule has 50 heavy (non-hydrogen) atoms. The van der Waals surface area contributed by atoms with Crippen LogP contribution in [0, 0.1) is 0 Å². The molecule has 264 valence electrons. The number of carbonyl (C=O) groups excluding carboxylic acids is 2. The average Bonchev–Trinajstić information content (AvgIpc) is 3.13. The van der Waals surface area contributed by atoms with Crippen molar-refractivity contribution >= 4 is 44.0 Å². The molecule has 0 radical (unpaired) electrons. The van der Waals surface area contributed by atoms with Crippen molar-refractivity contribution in [3.8, 4) is 0 Å². The Morgan fingerprint density at radius 2 is 0.940 bits per heavy atom. The van der Waals surface area contributed by atoms with Gasteiger partial charge in [-0.25, -0.2) is 9.59 Å². The summed E-state index contributed by atoms with van der Waals surface area (Å²) in [6.45, 7) is 5.99. The first-order valence-corrected chi connectivity index (χ1v) is 18.3. The Balaban J connectivity index is 0.000000194. The lowest BCUT2D eigenvalue weighted by atomic mass is 9.89. The number of rotatable bonds is 10. The van der Waals surface area contributed by atoms with E-state index in [4.69, 9.17) is 18.9 Å². The van der Waals surface area contributed by atoms with E-state index < -0.39 is 11.2 Å². The van der Waals surface area contributed by atoms with Gasteiger partial charge in [0.15, 0.2) is 11.2 Å². The number of nitrogens with zero attached hydrogens (tertiary/aromatic N) is 2. The average molecular weight is 809 g/mol. The van der Waals surface area contributed by atoms with Crippen LogP contribution in [0.3, 0.4) is 0 Å². The third-order valence-corrected chi connectivity index (χ3v) is 10.6. The standard InChI is InChI=1S/2C20H22BrNO3/c2*1-15(16-8-10-18(21)11-9-16)22-13-12-20(14-24-2,25-19(22)23)17-6-4-3-5-7-17/h2*3-11,15H,12-14H2,1-2H3/t15-,20+;15-,20-/m00/s1. The second kappa shape index (κ2) is 17.0. The molecule has 0 bridgehead atoms. The van der Waals surface area contributed by atoms with Gasteiger partial charge in [-0.15, -0.1) is 0 Å². The molecular weight excluding hydrogens is 764 g/mol. The van der Waals surface area contributed by atoms with Crippen molar-refractivity contribution in [2.75, 3.05) is 40.5 Å². The molecular formula is C40H44Br2N2O6. The number of hydrogen-bond acceptors (Lipinski definition) is 6. The minimum Gasteiger partial charge on any atom is -0.435 e. The topological polar surface area (TPSA) is 77.5 Å². The van der Waals surface area contributed by atoms with Gasteiger partial charge in [0.1, 0.15) is 0 Å². The maximum absolute atomic E-state index is 12.8. The zero-order valence-electron chi connectivity index (χ0n) is 28.9. The van der Waals surface area contributed by atoms with Gasteiger partial charge in [-0.1, -0.05) is 117 Å². The molecule has 10 heteroatoms. The number of benzene rings is 4. The van der Waals surface area contributed by atoms with Crippen molar-refractivity contribution in [1.82, 2.24) is 9.80 Å². The van der Waals surface area contributed by atoms with Crippen LogP contribution >= 0.6 is 31.9 Å². The Hall–Kier alpha value is -3.70. The van der Waals surface area contributed by atoms with Gasteiger partial charge in [0, 0.05) is 49.1 Å². The molecule has 2 fully saturated rings. The van der Waals surface area contributed by atoms with E-state index in [2.05, 4.69) is 31.9 Å². The highest BCUT2D eigenvalue weighted by atomic mass is 79.9. The number of cyclic esters (lactones) is 2. The molecule has 6 rings (SSSR count). The molecule has 2 amide bonds. The monoisotopic (exact) mass is 806 g/mol. The zero-order chi connectivity index (χ0) is 35.7. The summed E-state index contributed by atoms with van der Waals surface area (Å²) in [7, 11) is 3.27. The quantitative estimate of drug-likeness (QED) is 0.159. The molecule has 2 saturated heterocycles. The van der Waals surface area contributed by atoms with Crippen molar-refractivity contribution in [1.29, 1.82) is 0 Å². The van der Waals surface area contributed by atoms with Crippen LogP contribution in [0.5, 0.6) is 0 Å². The number of hydrogen-bond donors (Lipinski definition) is 0. The van der Waals surface area contributed by atoms with Gasteiger partial charge < -0.3 is 28.7 Å². The fourth-order valence-electron chi connectivity index (χ4n) is 6.61. The first kappa shape index (κ1) is 37.6. The van der Waals surface area contributed by atoms with Crippen molar-refractivity contribution < 1.29 is 28.5 Å². The van der Waals surface area contributed by atoms with E-state index in [-0.39, 0.29) is 24.3 Å². The fraction of sp³-hybridized carbons (Fsp3) is 0.350. The van der Waals surface area contributed by atoms with Crippen LogP contribution in [0.2, 0.25) is 0 Å². The summed E-state index contributed by atoms with van der Waals surface area (Å²) in [5.41, 5.74) is 2.67. The predicted molar refractivity (Wildman–Crippen MR) is 201 cm³/mol. The summed E-state index contributed by atoms with van der Waals surface area (Å²) in [5.74, 6) is 0. The molecule has 2 heterocycles. The summed E-state index contributed by atoms with van der Waals surface area (Å²) >= 11 is 6.88. The van der Waals surface area contributed by atoms with E-state index in [9.17, 15) is 9.59 Å². The molecule has 0 spiro atoms. The molecule has 2 aliphatic rings. The number of carbonyl (C=O) groups is 2. The normalized spacial score (nSPS) is 21.7. The van der Waals surface area contributed by atoms with E-state index in [1.165, 1.54) is 0 Å². The maximum Gasteiger partial charge on any atom is 0.411 e. The molecule has 4 aromatic carbocycles. The van der Waals surface area contributed by atoms with Crippen LogP contribution in [-0.4, -0.2) is 62.5 Å². The summed E-state index contributed by atoms with van der Waals surface area (Å²) in [4.78, 5) is 29.1. The summed E-state index contributed by atoms with van der Waals surface area (Å²) < 4.78 is 24.7. The van der Waals surface area contributed by atoms with Crippen LogP contribution in [0.15, 0.2) is 118 Å². The van der Waals surface area contributed by atoms with E-state index in [1.54, 1.807) is 24.0 Å². The first-order chi connectivity index (χ1) is 24.1. The number of amides is 2. The van der Waals surface area contributed by atoms with Gasteiger partial charge in [-0.3, -0.25) is 0 Å². The maximum atomic E-state index is 12.8. The lowest BCUT2D eigenvalue weighted by Gasteiger charge is -2.43. The lowest BCUT2D eigenvalue weighted by molar-refractivity contribution is -0.0967. The van der Waals surface area contributed by atoms with Crippen LogP contribution in [0.1, 0.15) is 61.0 Å². The largest absolute Gasteiger partial charge is 0.435 e. The fourth-order valence-corrected chi connectivity index (χ4v) is 7.14. The smallest absolute Gasteiger partial charge is 0.411 e. The highest BCUT2D eigenvalue weighted by Gasteiger charge is 2.45. The Kier molecular flexibility index (Phi) is 12.8. The lowest BCUT2D eigenvalue weighted by Crippen LogP contribution is -2.50. The van der Waals surface area contributed by atoms with Gasteiger partial charge in [0.2, 0.25) is 0 Å². The minimum atomic E-state index is -0.719. The molecule has 4 aromatic rings. The number of ether oxygens (including phenoxy) is 4. The second-order valence-corrected chi connectivity index (χ2v) is 14.5. The Morgan fingerprint density at radius 3 is 1.24 bits per heavy atom. The molecule has 0 saturated carbocycles. The second-order valence-electron chi connectivity index (χ2n) is 12.7. The van der Waals surface area contributed by atoms with Crippen LogP contribution in [-0.2, 0) is 30.1 Å². The van der Waals surface area contributed by atoms with Gasteiger partial charge in [-0.2, -0.15) is 0 Å². The van der Waals surface area contributed by atoms with Gasteiger partial charge in [-0.05, 0) is 60.4 Å². The molecule has 0 N–H and O–H groups in total. The van der Waals surface area contributed by atoms with E-state index >= 15 is 0 Å². The number of halogens is 2. The molecule has 0 unspecified atom stereocenters. The molecule has 2 aliphatic heterocycles. The Labute approximate surface area is 311 Å². The molecule has 4 atom stereocenters. The van der Waals surface area contributed by atoms with Crippen molar-refractivity contribution in [2.24, 2.45) is 0 Å². The van der Waals surface area contributed by atoms with E-state index in [0.717, 1.165) is 31.2 Å². The van der Waals surface area contributed by atoms with E-state index in [0.29, 0.717) is 39.1 Å². The predicted octanol–water partition coefficient (Wildman–Crippen LogP) is 9.79. The summed E-state index contributed by atoms with van der Waals surface area (Å²) in [6, 6.07) is 35.6. The zero-order valence-corrected chi connectivity index (χ0v) is 32.1. The Morgan fingerprint density at radius 1 is 0.600 bits per heavy atom. The molecule has 0 aromatic heterocycles. The van der Waals surface area contributed by atoms with Crippen LogP contribution in [0.25, 0.3) is 0 Å². The van der Waals surface area contributed by atoms with Crippen LogP contribution < -0.4 is 0 Å². The first-order valence-electron chi connectivity index (χ1n) is 16.7. The molecule has 8 nitrogen and oxygen atoms in total. The van der Waals surface area contributed by atoms with Crippen molar-refractivity contribution in [2.45, 2.75) is 50.0 Å². The molecule has 0 aliphatic carbocycles. The number of methoxy groups -OCH3 is 2. The third kappa shape index (κ3) is 8.60. The summed E-state index contributed by atoms with van der Waals surface area (Å²) in [5, 5.41) is 0. The highest BCUT2D eigenvalue weighted by molar-refractivity contribution is 9.10. The highest BCUT2D eigenvalue weighted by Crippen LogP contribution is 2.39. The van der Waals surface area contributed by atoms with Gasteiger partial charge in [0.05, 0.1) is 25.3 Å². The van der Waals surface area contributed by atoms with Gasteiger partial charge >= 0.3 is 12.2 Å². The van der Waals surface area contributed by atoms with Crippen molar-refractivity contribution in [3.05, 3.63) is 140 Å². The third-order valence-electron chi connectivity index (χ3n) is 9.54. The van der Waals surface area contributed by atoms with Crippen molar-refractivity contribution in [3.63, 3.8) is 0 Å². The van der Waals surface area contributed by atoms with E-state index in [1.807, 2.05) is 123 Å². The SMILES string of the molecule is COC[C@@]1(c2ccccc2)CCN([C@@H](C)c2ccc(Br)cc2)C(=O)O1.COC[C@]1(c2ccccc2)CCN([C@@H](C)c2ccc(Br)cc2)C(=O)O1. The van der Waals surface area contributed by atoms with Crippen LogP contribution in [0.4, 0.5) is 9.59 Å². The Bertz CT molecular complexity index is 1570.